The smallest absolute Gasteiger partial charge is 0.243 e. The Hall–Kier alpha value is -1.72. The number of hydrogen-bond acceptors (Lipinski definition) is 5. The van der Waals surface area contributed by atoms with E-state index in [9.17, 15) is 5.11 Å². The molecule has 0 aliphatic carbocycles. The van der Waals surface area contributed by atoms with Gasteiger partial charge in [-0.25, -0.2) is 0 Å². The molecule has 1 aliphatic rings. The minimum atomic E-state index is -0.371. The molecule has 5 heteroatoms. The van der Waals surface area contributed by atoms with Gasteiger partial charge in [-0.2, -0.15) is 4.98 Å². The van der Waals surface area contributed by atoms with Crippen LogP contribution in [-0.2, 0) is 0 Å². The monoisotopic (exact) mass is 301 g/mol. The van der Waals surface area contributed by atoms with Crippen molar-refractivity contribution >= 4 is 0 Å². The molecule has 2 atom stereocenters. The molecule has 1 aromatic heterocycles. The Morgan fingerprint density at radius 1 is 1.23 bits per heavy atom. The lowest BCUT2D eigenvalue weighted by Gasteiger charge is -2.36. The predicted octanol–water partition coefficient (Wildman–Crippen LogP) is 2.88. The summed E-state index contributed by atoms with van der Waals surface area (Å²) in [6.45, 7) is 5.82. The largest absolute Gasteiger partial charge is 0.388 e. The Bertz CT molecular complexity index is 591. The minimum absolute atomic E-state index is 0.135. The average Bonchev–Trinajstić information content (AvgIpc) is 3.01. The first kappa shape index (κ1) is 15.2. The summed E-state index contributed by atoms with van der Waals surface area (Å²) >= 11 is 0. The molecule has 118 valence electrons. The Labute approximate surface area is 131 Å². The highest BCUT2D eigenvalue weighted by molar-refractivity contribution is 5.18. The highest BCUT2D eigenvalue weighted by Gasteiger charge is 2.30. The van der Waals surface area contributed by atoms with E-state index in [0.29, 0.717) is 17.6 Å². The number of likely N-dealkylation sites (tertiary alicyclic amines) is 1. The maximum Gasteiger partial charge on any atom is 0.243 e. The number of benzene rings is 1. The van der Waals surface area contributed by atoms with Crippen molar-refractivity contribution in [1.82, 2.24) is 15.0 Å². The van der Waals surface area contributed by atoms with Crippen LogP contribution in [0.25, 0.3) is 0 Å². The van der Waals surface area contributed by atoms with Gasteiger partial charge in [-0.1, -0.05) is 35.5 Å². The minimum Gasteiger partial charge on any atom is -0.388 e. The van der Waals surface area contributed by atoms with Gasteiger partial charge in [-0.15, -0.1) is 0 Å². The summed E-state index contributed by atoms with van der Waals surface area (Å²) in [5.74, 6) is 1.67. The first-order valence-corrected chi connectivity index (χ1v) is 7.92. The van der Waals surface area contributed by atoms with Crippen molar-refractivity contribution in [1.29, 1.82) is 0 Å². The van der Waals surface area contributed by atoms with Crippen LogP contribution in [-0.4, -0.2) is 33.2 Å². The fourth-order valence-electron chi connectivity index (χ4n) is 3.18. The first-order valence-electron chi connectivity index (χ1n) is 7.92. The van der Waals surface area contributed by atoms with E-state index in [-0.39, 0.29) is 12.1 Å². The number of aliphatic hydroxyl groups is 1. The van der Waals surface area contributed by atoms with Crippen LogP contribution in [0.2, 0.25) is 0 Å². The van der Waals surface area contributed by atoms with Gasteiger partial charge in [-0.3, -0.25) is 4.90 Å². The Kier molecular flexibility index (Phi) is 4.55. The maximum atomic E-state index is 10.5. The first-order chi connectivity index (χ1) is 10.6. The average molecular weight is 301 g/mol. The molecule has 0 amide bonds. The quantitative estimate of drug-likeness (QED) is 0.941. The number of piperidine rings is 1. The molecule has 2 heterocycles. The molecule has 1 N–H and O–H groups in total. The van der Waals surface area contributed by atoms with Crippen LogP contribution in [0.5, 0.6) is 0 Å². The molecule has 1 aromatic carbocycles. The second-order valence-electron chi connectivity index (χ2n) is 6.08. The van der Waals surface area contributed by atoms with Crippen molar-refractivity contribution in [2.24, 2.45) is 5.92 Å². The fourth-order valence-corrected chi connectivity index (χ4v) is 3.18. The normalized spacial score (nSPS) is 20.0. The van der Waals surface area contributed by atoms with Gasteiger partial charge in [0.25, 0.3) is 0 Å². The SMILES string of the molecule is Cc1noc([C@@H](C)N2CCC([C@H](O)c3ccccc3)CC2)n1. The predicted molar refractivity (Wildman–Crippen MR) is 83.1 cm³/mol. The molecule has 0 unspecified atom stereocenters. The molecule has 1 fully saturated rings. The van der Waals surface area contributed by atoms with Crippen molar-refractivity contribution in [3.8, 4) is 0 Å². The summed E-state index contributed by atoms with van der Waals surface area (Å²) in [5, 5.41) is 14.4. The van der Waals surface area contributed by atoms with Crippen molar-refractivity contribution in [3.05, 3.63) is 47.6 Å². The lowest BCUT2D eigenvalue weighted by Crippen LogP contribution is -2.37. The maximum absolute atomic E-state index is 10.5. The number of rotatable bonds is 4. The van der Waals surface area contributed by atoms with Crippen LogP contribution in [0.3, 0.4) is 0 Å². The van der Waals surface area contributed by atoms with E-state index in [1.54, 1.807) is 0 Å². The third kappa shape index (κ3) is 3.20. The molecule has 2 aromatic rings. The van der Waals surface area contributed by atoms with Crippen LogP contribution in [0.1, 0.15) is 49.2 Å². The third-order valence-corrected chi connectivity index (χ3v) is 4.61. The summed E-state index contributed by atoms with van der Waals surface area (Å²) in [5.41, 5.74) is 1.02. The highest BCUT2D eigenvalue weighted by atomic mass is 16.5. The van der Waals surface area contributed by atoms with Gasteiger partial charge in [0.15, 0.2) is 5.82 Å². The third-order valence-electron chi connectivity index (χ3n) is 4.61. The van der Waals surface area contributed by atoms with Crippen LogP contribution >= 0.6 is 0 Å². The molecule has 0 radical (unpaired) electrons. The van der Waals surface area contributed by atoms with Gasteiger partial charge in [0, 0.05) is 0 Å². The molecular weight excluding hydrogens is 278 g/mol. The van der Waals surface area contributed by atoms with E-state index in [4.69, 9.17) is 4.52 Å². The van der Waals surface area contributed by atoms with Crippen molar-refractivity contribution in [2.75, 3.05) is 13.1 Å². The number of aliphatic hydroxyl groups excluding tert-OH is 1. The van der Waals surface area contributed by atoms with E-state index < -0.39 is 0 Å². The van der Waals surface area contributed by atoms with Crippen molar-refractivity contribution in [2.45, 2.75) is 38.8 Å². The summed E-state index contributed by atoms with van der Waals surface area (Å²) in [6.07, 6.45) is 1.59. The molecule has 22 heavy (non-hydrogen) atoms. The molecule has 3 rings (SSSR count). The van der Waals surface area contributed by atoms with E-state index in [0.717, 1.165) is 31.5 Å². The van der Waals surface area contributed by atoms with Crippen molar-refractivity contribution < 1.29 is 9.63 Å². The Morgan fingerprint density at radius 2 is 1.91 bits per heavy atom. The van der Waals surface area contributed by atoms with Gasteiger partial charge in [0.2, 0.25) is 5.89 Å². The number of nitrogens with zero attached hydrogens (tertiary/aromatic N) is 3. The van der Waals surface area contributed by atoms with Crippen LogP contribution in [0, 0.1) is 12.8 Å². The second-order valence-corrected chi connectivity index (χ2v) is 6.08. The molecule has 1 saturated heterocycles. The summed E-state index contributed by atoms with van der Waals surface area (Å²) in [6, 6.07) is 10.1. The van der Waals surface area contributed by atoms with E-state index in [1.807, 2.05) is 37.3 Å². The zero-order valence-electron chi connectivity index (χ0n) is 13.1. The van der Waals surface area contributed by atoms with E-state index in [2.05, 4.69) is 22.0 Å². The van der Waals surface area contributed by atoms with Crippen LogP contribution in [0.4, 0.5) is 0 Å². The number of aromatic nitrogens is 2. The van der Waals surface area contributed by atoms with Crippen LogP contribution in [0.15, 0.2) is 34.9 Å². The van der Waals surface area contributed by atoms with Gasteiger partial charge >= 0.3 is 0 Å². The van der Waals surface area contributed by atoms with Gasteiger partial charge in [0.1, 0.15) is 0 Å². The lowest BCUT2D eigenvalue weighted by atomic mass is 9.87. The van der Waals surface area contributed by atoms with E-state index in [1.165, 1.54) is 0 Å². The molecule has 0 saturated carbocycles. The molecule has 0 spiro atoms. The standard InChI is InChI=1S/C17H23N3O2/c1-12(17-18-13(2)19-22-17)20-10-8-15(9-11-20)16(21)14-6-4-3-5-7-14/h3-7,12,15-16,21H,8-11H2,1-2H3/t12-,16-/m1/s1. The number of hydrogen-bond donors (Lipinski definition) is 1. The molecule has 0 bridgehead atoms. The zero-order valence-corrected chi connectivity index (χ0v) is 13.1. The van der Waals surface area contributed by atoms with Crippen molar-refractivity contribution in [3.63, 3.8) is 0 Å². The zero-order chi connectivity index (χ0) is 15.5. The summed E-state index contributed by atoms with van der Waals surface area (Å²) in [4.78, 5) is 6.67. The van der Waals surface area contributed by atoms with Crippen LogP contribution < -0.4 is 0 Å². The second kappa shape index (κ2) is 6.58. The Morgan fingerprint density at radius 3 is 2.50 bits per heavy atom. The molecule has 1 aliphatic heterocycles. The topological polar surface area (TPSA) is 62.4 Å². The lowest BCUT2D eigenvalue weighted by molar-refractivity contribution is 0.0420. The Balaban J connectivity index is 1.58. The fraction of sp³-hybridized carbons (Fsp3) is 0.529. The van der Waals surface area contributed by atoms with Gasteiger partial charge < -0.3 is 9.63 Å². The number of aryl methyl sites for hydroxylation is 1. The van der Waals surface area contributed by atoms with E-state index >= 15 is 0 Å². The summed E-state index contributed by atoms with van der Waals surface area (Å²) in [7, 11) is 0. The highest BCUT2D eigenvalue weighted by Crippen LogP contribution is 2.33. The van der Waals surface area contributed by atoms with Gasteiger partial charge in [-0.05, 0) is 51.3 Å². The molecular formula is C17H23N3O2. The molecule has 5 nitrogen and oxygen atoms in total. The summed E-state index contributed by atoms with van der Waals surface area (Å²) < 4.78 is 5.27. The van der Waals surface area contributed by atoms with Gasteiger partial charge in [0.05, 0.1) is 12.1 Å².